The van der Waals surface area contributed by atoms with Crippen molar-refractivity contribution < 1.29 is 22.5 Å². The largest absolute Gasteiger partial charge is 0.379 e. The summed E-state index contributed by atoms with van der Waals surface area (Å²) in [6.45, 7) is 4.09. The molecule has 3 N–H and O–H groups in total. The maximum atomic E-state index is 12.0. The minimum Gasteiger partial charge on any atom is -0.379 e. The highest BCUT2D eigenvalue weighted by molar-refractivity contribution is 7.85. The summed E-state index contributed by atoms with van der Waals surface area (Å²) in [5.74, 6) is -0.497. The number of hydrogen-bond donors (Lipinski definition) is 3. The van der Waals surface area contributed by atoms with E-state index in [9.17, 15) is 13.2 Å². The predicted molar refractivity (Wildman–Crippen MR) is 93.8 cm³/mol. The summed E-state index contributed by atoms with van der Waals surface area (Å²) in [7, 11) is -4.26. The molecule has 0 aliphatic carbocycles. The average Bonchev–Trinajstić information content (AvgIpc) is 2.63. The monoisotopic (exact) mass is 380 g/mol. The number of carbonyl (C=O) groups is 1. The van der Waals surface area contributed by atoms with Crippen molar-refractivity contribution in [3.63, 3.8) is 0 Å². The van der Waals surface area contributed by atoms with Gasteiger partial charge in [-0.15, -0.1) is 0 Å². The fourth-order valence-corrected chi connectivity index (χ4v) is 2.75. The Labute approximate surface area is 152 Å². The van der Waals surface area contributed by atoms with Crippen molar-refractivity contribution in [2.45, 2.75) is 4.90 Å². The fraction of sp³-hybridized carbons (Fsp3) is 0.375. The molecule has 1 fully saturated rings. The topological polar surface area (TPSA) is 132 Å². The first-order valence-electron chi connectivity index (χ1n) is 7.93. The molecule has 0 spiro atoms. The van der Waals surface area contributed by atoms with E-state index in [0.717, 1.165) is 13.1 Å². The first-order valence-corrected chi connectivity index (χ1v) is 9.37. The van der Waals surface area contributed by atoms with Gasteiger partial charge in [-0.1, -0.05) is 0 Å². The Kier molecular flexibility index (Phi) is 7.11. The van der Waals surface area contributed by atoms with Gasteiger partial charge in [0.15, 0.2) is 0 Å². The first kappa shape index (κ1) is 19.9. The molecule has 1 heterocycles. The zero-order valence-electron chi connectivity index (χ0n) is 14.0. The Morgan fingerprint density at radius 1 is 1.31 bits per heavy atom. The lowest BCUT2D eigenvalue weighted by Gasteiger charge is -2.26. The van der Waals surface area contributed by atoms with Gasteiger partial charge in [0, 0.05) is 38.1 Å². The molecule has 1 aliphatic heterocycles. The second kappa shape index (κ2) is 9.30. The van der Waals surface area contributed by atoms with Crippen LogP contribution in [0.15, 0.2) is 40.9 Å². The van der Waals surface area contributed by atoms with Crippen molar-refractivity contribution in [2.24, 2.45) is 0 Å². The van der Waals surface area contributed by atoms with E-state index in [-0.39, 0.29) is 10.5 Å². The number of amides is 1. The third kappa shape index (κ3) is 6.12. The molecule has 0 saturated carbocycles. The normalized spacial score (nSPS) is 15.9. The molecule has 140 valence electrons. The van der Waals surface area contributed by atoms with Crippen LogP contribution < -0.4 is 10.6 Å². The fourth-order valence-electron chi connectivity index (χ4n) is 2.27. The number of benzene rings is 1. The zero-order chi connectivity index (χ0) is 19.0. The molecule has 0 atom stereocenters. The SMILES string of the molecule is N#C/C(=C/Nc1ccc(S(=O)(=O)O)cc1)C(=O)NCCN1CCOCC1. The van der Waals surface area contributed by atoms with Crippen LogP contribution in [0, 0.1) is 11.3 Å². The third-order valence-electron chi connectivity index (χ3n) is 3.72. The van der Waals surface area contributed by atoms with Crippen LogP contribution in [0.3, 0.4) is 0 Å². The molecule has 2 rings (SSSR count). The van der Waals surface area contributed by atoms with Crippen LogP contribution >= 0.6 is 0 Å². The first-order chi connectivity index (χ1) is 12.4. The number of ether oxygens (including phenoxy) is 1. The third-order valence-corrected chi connectivity index (χ3v) is 4.59. The standard InChI is InChI=1S/C16H20N4O5S/c17-11-13(16(21)18-5-6-20-7-9-25-10-8-20)12-19-14-1-3-15(4-2-14)26(22,23)24/h1-4,12,19H,5-10H2,(H,18,21)(H,22,23,24)/b13-12-. The van der Waals surface area contributed by atoms with Gasteiger partial charge in [0.2, 0.25) is 0 Å². The Balaban J connectivity index is 1.86. The van der Waals surface area contributed by atoms with Gasteiger partial charge < -0.3 is 15.4 Å². The molecule has 0 aromatic heterocycles. The van der Waals surface area contributed by atoms with Crippen molar-refractivity contribution in [3.8, 4) is 6.07 Å². The molecule has 26 heavy (non-hydrogen) atoms. The number of nitrogens with zero attached hydrogens (tertiary/aromatic N) is 2. The number of hydrogen-bond acceptors (Lipinski definition) is 7. The number of rotatable bonds is 7. The summed E-state index contributed by atoms with van der Waals surface area (Å²) < 4.78 is 36.1. The van der Waals surface area contributed by atoms with Crippen molar-refractivity contribution in [2.75, 3.05) is 44.7 Å². The summed E-state index contributed by atoms with van der Waals surface area (Å²) in [6, 6.07) is 7.05. The molecule has 0 bridgehead atoms. The van der Waals surface area contributed by atoms with Crippen LogP contribution in [-0.2, 0) is 19.6 Å². The molecule has 1 aromatic rings. The Morgan fingerprint density at radius 2 is 1.96 bits per heavy atom. The van der Waals surface area contributed by atoms with E-state index in [1.54, 1.807) is 0 Å². The zero-order valence-corrected chi connectivity index (χ0v) is 14.8. The van der Waals surface area contributed by atoms with E-state index in [4.69, 9.17) is 14.6 Å². The van der Waals surface area contributed by atoms with E-state index >= 15 is 0 Å². The van der Waals surface area contributed by atoms with Gasteiger partial charge in [-0.25, -0.2) is 0 Å². The van der Waals surface area contributed by atoms with Gasteiger partial charge in [-0.3, -0.25) is 14.2 Å². The van der Waals surface area contributed by atoms with E-state index < -0.39 is 16.0 Å². The molecule has 1 aromatic carbocycles. The van der Waals surface area contributed by atoms with E-state index in [2.05, 4.69) is 15.5 Å². The molecular weight excluding hydrogens is 360 g/mol. The van der Waals surface area contributed by atoms with Crippen LogP contribution in [0.2, 0.25) is 0 Å². The van der Waals surface area contributed by atoms with Gasteiger partial charge in [0.25, 0.3) is 16.0 Å². The minimum absolute atomic E-state index is 0.106. The number of morpholine rings is 1. The van der Waals surface area contributed by atoms with Crippen LogP contribution in [-0.4, -0.2) is 63.2 Å². The molecule has 1 aliphatic rings. The van der Waals surface area contributed by atoms with Crippen LogP contribution in [0.25, 0.3) is 0 Å². The Hall–Kier alpha value is -2.45. The summed E-state index contributed by atoms with van der Waals surface area (Å²) in [5.41, 5.74) is 0.358. The molecule has 0 radical (unpaired) electrons. The van der Waals surface area contributed by atoms with Crippen LogP contribution in [0.1, 0.15) is 0 Å². The highest BCUT2D eigenvalue weighted by Gasteiger charge is 2.12. The summed E-state index contributed by atoms with van der Waals surface area (Å²) in [6.07, 6.45) is 1.24. The van der Waals surface area contributed by atoms with Gasteiger partial charge >= 0.3 is 0 Å². The maximum Gasteiger partial charge on any atom is 0.294 e. The Morgan fingerprint density at radius 3 is 2.54 bits per heavy atom. The molecule has 10 heteroatoms. The second-order valence-electron chi connectivity index (χ2n) is 5.52. The van der Waals surface area contributed by atoms with Gasteiger partial charge in [0.1, 0.15) is 11.6 Å². The second-order valence-corrected chi connectivity index (χ2v) is 6.95. The van der Waals surface area contributed by atoms with Gasteiger partial charge in [0.05, 0.1) is 18.1 Å². The van der Waals surface area contributed by atoms with Gasteiger partial charge in [-0.05, 0) is 24.3 Å². The predicted octanol–water partition coefficient (Wildman–Crippen LogP) is 0.201. The van der Waals surface area contributed by atoms with E-state index in [0.29, 0.717) is 32.0 Å². The Bertz CT molecular complexity index is 793. The number of carbonyl (C=O) groups excluding carboxylic acids is 1. The number of nitrogens with one attached hydrogen (secondary N) is 2. The summed E-state index contributed by atoms with van der Waals surface area (Å²) in [5, 5.41) is 14.5. The van der Waals surface area contributed by atoms with Crippen molar-refractivity contribution in [3.05, 3.63) is 36.0 Å². The van der Waals surface area contributed by atoms with Crippen molar-refractivity contribution in [1.82, 2.24) is 10.2 Å². The van der Waals surface area contributed by atoms with E-state index in [1.165, 1.54) is 30.5 Å². The van der Waals surface area contributed by atoms with Gasteiger partial charge in [-0.2, -0.15) is 13.7 Å². The van der Waals surface area contributed by atoms with Crippen LogP contribution in [0.4, 0.5) is 5.69 Å². The maximum absolute atomic E-state index is 12.0. The minimum atomic E-state index is -4.26. The molecule has 0 unspecified atom stereocenters. The lowest BCUT2D eigenvalue weighted by molar-refractivity contribution is -0.117. The number of anilines is 1. The summed E-state index contributed by atoms with van der Waals surface area (Å²) in [4.78, 5) is 13.9. The quantitative estimate of drug-likeness (QED) is 0.347. The lowest BCUT2D eigenvalue weighted by atomic mass is 10.2. The van der Waals surface area contributed by atoms with Crippen LogP contribution in [0.5, 0.6) is 0 Å². The molecule has 9 nitrogen and oxygen atoms in total. The van der Waals surface area contributed by atoms with E-state index in [1.807, 2.05) is 6.07 Å². The summed E-state index contributed by atoms with van der Waals surface area (Å²) >= 11 is 0. The average molecular weight is 380 g/mol. The number of nitriles is 1. The van der Waals surface area contributed by atoms with Crippen molar-refractivity contribution >= 4 is 21.7 Å². The highest BCUT2D eigenvalue weighted by atomic mass is 32.2. The lowest BCUT2D eigenvalue weighted by Crippen LogP contribution is -2.41. The molecular formula is C16H20N4O5S. The molecule has 1 amide bonds. The molecule has 1 saturated heterocycles. The van der Waals surface area contributed by atoms with Crippen molar-refractivity contribution in [1.29, 1.82) is 5.26 Å². The highest BCUT2D eigenvalue weighted by Crippen LogP contribution is 2.14. The smallest absolute Gasteiger partial charge is 0.294 e.